The molecule has 0 bridgehead atoms. The van der Waals surface area contributed by atoms with Crippen LogP contribution in [0, 0.1) is 0 Å². The highest BCUT2D eigenvalue weighted by molar-refractivity contribution is 5.11. The highest BCUT2D eigenvalue weighted by Crippen LogP contribution is 2.14. The Kier molecular flexibility index (Phi) is 3.47. The maximum Gasteiger partial charge on any atom is 0.105 e. The zero-order valence-corrected chi connectivity index (χ0v) is 9.64. The van der Waals surface area contributed by atoms with Crippen LogP contribution in [0.2, 0.25) is 0 Å². The quantitative estimate of drug-likeness (QED) is 0.839. The van der Waals surface area contributed by atoms with Gasteiger partial charge in [0.15, 0.2) is 0 Å². The Morgan fingerprint density at radius 1 is 1.25 bits per heavy atom. The average Bonchev–Trinajstić information content (AvgIpc) is 2.88. The first-order chi connectivity index (χ1) is 7.75. The van der Waals surface area contributed by atoms with Gasteiger partial charge in [-0.1, -0.05) is 0 Å². The van der Waals surface area contributed by atoms with Crippen molar-refractivity contribution in [1.29, 1.82) is 0 Å². The van der Waals surface area contributed by atoms with Crippen LogP contribution in [0.25, 0.3) is 0 Å². The van der Waals surface area contributed by atoms with Crippen LogP contribution in [0.1, 0.15) is 31.2 Å². The Morgan fingerprint density at radius 3 is 2.75 bits per heavy atom. The monoisotopic (exact) mass is 219 g/mol. The highest BCUT2D eigenvalue weighted by Gasteiger charge is 2.11. The average molecular weight is 219 g/mol. The molecule has 2 rings (SSSR count). The van der Waals surface area contributed by atoms with E-state index in [0.29, 0.717) is 12.1 Å². The van der Waals surface area contributed by atoms with E-state index in [-0.39, 0.29) is 0 Å². The van der Waals surface area contributed by atoms with E-state index < -0.39 is 0 Å². The van der Waals surface area contributed by atoms with Gasteiger partial charge in [-0.25, -0.2) is 0 Å². The van der Waals surface area contributed by atoms with Crippen molar-refractivity contribution in [3.63, 3.8) is 0 Å². The molecule has 0 spiro atoms. The molecule has 0 amide bonds. The summed E-state index contributed by atoms with van der Waals surface area (Å²) in [5, 5.41) is 3.50. The van der Waals surface area contributed by atoms with E-state index >= 15 is 0 Å². The molecule has 16 heavy (non-hydrogen) atoms. The van der Waals surface area contributed by atoms with Crippen molar-refractivity contribution in [3.05, 3.63) is 48.3 Å². The fourth-order valence-corrected chi connectivity index (χ4v) is 1.83. The van der Waals surface area contributed by atoms with Gasteiger partial charge in [0, 0.05) is 24.1 Å². The fourth-order valence-electron chi connectivity index (χ4n) is 1.83. The molecular formula is C13H17NO2. The largest absolute Gasteiger partial charge is 0.472 e. The zero-order chi connectivity index (χ0) is 11.4. The zero-order valence-electron chi connectivity index (χ0n) is 9.64. The van der Waals surface area contributed by atoms with Gasteiger partial charge < -0.3 is 14.2 Å². The maximum absolute atomic E-state index is 5.32. The molecule has 3 nitrogen and oxygen atoms in total. The molecule has 0 saturated heterocycles. The van der Waals surface area contributed by atoms with Crippen molar-refractivity contribution in [2.24, 2.45) is 0 Å². The van der Waals surface area contributed by atoms with E-state index in [2.05, 4.69) is 19.2 Å². The fraction of sp³-hybridized carbons (Fsp3) is 0.385. The Hall–Kier alpha value is -1.48. The van der Waals surface area contributed by atoms with Gasteiger partial charge in [0.1, 0.15) is 5.76 Å². The lowest BCUT2D eigenvalue weighted by atomic mass is 10.1. The molecule has 2 atom stereocenters. The van der Waals surface area contributed by atoms with E-state index in [1.165, 1.54) is 5.56 Å². The summed E-state index contributed by atoms with van der Waals surface area (Å²) < 4.78 is 10.4. The van der Waals surface area contributed by atoms with Crippen LogP contribution in [0.3, 0.4) is 0 Å². The molecule has 0 saturated carbocycles. The lowest BCUT2D eigenvalue weighted by Crippen LogP contribution is -2.30. The van der Waals surface area contributed by atoms with Crippen LogP contribution < -0.4 is 5.32 Å². The second kappa shape index (κ2) is 5.03. The van der Waals surface area contributed by atoms with Gasteiger partial charge in [-0.3, -0.25) is 0 Å². The van der Waals surface area contributed by atoms with E-state index in [9.17, 15) is 0 Å². The second-order valence-corrected chi connectivity index (χ2v) is 4.13. The third-order valence-corrected chi connectivity index (χ3v) is 2.67. The molecule has 0 radical (unpaired) electrons. The van der Waals surface area contributed by atoms with E-state index in [1.807, 2.05) is 18.2 Å². The van der Waals surface area contributed by atoms with E-state index in [0.717, 1.165) is 12.2 Å². The Balaban J connectivity index is 1.85. The number of nitrogens with one attached hydrogen (secondary N) is 1. The van der Waals surface area contributed by atoms with Crippen LogP contribution >= 0.6 is 0 Å². The van der Waals surface area contributed by atoms with Crippen LogP contribution in [0.5, 0.6) is 0 Å². The van der Waals surface area contributed by atoms with Gasteiger partial charge in [0.05, 0.1) is 18.8 Å². The molecule has 0 aliphatic heterocycles. The van der Waals surface area contributed by atoms with Crippen molar-refractivity contribution in [3.8, 4) is 0 Å². The minimum absolute atomic E-state index is 0.295. The summed E-state index contributed by atoms with van der Waals surface area (Å²) in [7, 11) is 0. The van der Waals surface area contributed by atoms with Gasteiger partial charge in [-0.05, 0) is 32.0 Å². The topological polar surface area (TPSA) is 38.3 Å². The maximum atomic E-state index is 5.32. The molecule has 86 valence electrons. The van der Waals surface area contributed by atoms with Gasteiger partial charge in [-0.2, -0.15) is 0 Å². The van der Waals surface area contributed by atoms with Crippen LogP contribution in [-0.2, 0) is 6.42 Å². The predicted molar refractivity (Wildman–Crippen MR) is 62.1 cm³/mol. The summed E-state index contributed by atoms with van der Waals surface area (Å²) in [4.78, 5) is 0. The van der Waals surface area contributed by atoms with Crippen molar-refractivity contribution in [1.82, 2.24) is 5.32 Å². The molecule has 0 fully saturated rings. The molecule has 3 heteroatoms. The normalized spacial score (nSPS) is 14.9. The summed E-state index contributed by atoms with van der Waals surface area (Å²) in [6.45, 7) is 4.28. The molecule has 2 aromatic heterocycles. The first kappa shape index (κ1) is 11.0. The third-order valence-electron chi connectivity index (χ3n) is 2.67. The van der Waals surface area contributed by atoms with Crippen molar-refractivity contribution < 1.29 is 8.83 Å². The van der Waals surface area contributed by atoms with E-state index in [1.54, 1.807) is 18.8 Å². The van der Waals surface area contributed by atoms with Gasteiger partial charge in [-0.15, -0.1) is 0 Å². The standard InChI is InChI=1S/C13H17NO2/c1-10(8-13-4-3-6-16-13)14-11(2)12-5-7-15-9-12/h3-7,9-11,14H,8H2,1-2H3. The van der Waals surface area contributed by atoms with Crippen molar-refractivity contribution in [2.45, 2.75) is 32.4 Å². The number of hydrogen-bond donors (Lipinski definition) is 1. The van der Waals surface area contributed by atoms with Gasteiger partial charge in [0.25, 0.3) is 0 Å². The SMILES string of the molecule is CC(Cc1ccco1)NC(C)c1ccoc1. The summed E-state index contributed by atoms with van der Waals surface area (Å²) >= 11 is 0. The lowest BCUT2D eigenvalue weighted by Gasteiger charge is -2.18. The van der Waals surface area contributed by atoms with Crippen LogP contribution in [0.4, 0.5) is 0 Å². The second-order valence-electron chi connectivity index (χ2n) is 4.13. The Labute approximate surface area is 95.5 Å². The minimum atomic E-state index is 0.295. The molecule has 1 N–H and O–H groups in total. The number of rotatable bonds is 5. The van der Waals surface area contributed by atoms with Gasteiger partial charge >= 0.3 is 0 Å². The van der Waals surface area contributed by atoms with Gasteiger partial charge in [0.2, 0.25) is 0 Å². The molecule has 2 aromatic rings. The first-order valence-corrected chi connectivity index (χ1v) is 5.56. The smallest absolute Gasteiger partial charge is 0.105 e. The van der Waals surface area contributed by atoms with E-state index in [4.69, 9.17) is 8.83 Å². The Bertz CT molecular complexity index is 392. The lowest BCUT2D eigenvalue weighted by molar-refractivity contribution is 0.427. The summed E-state index contributed by atoms with van der Waals surface area (Å²) in [6, 6.07) is 6.57. The Morgan fingerprint density at radius 2 is 2.12 bits per heavy atom. The van der Waals surface area contributed by atoms with Crippen LogP contribution in [-0.4, -0.2) is 6.04 Å². The molecular weight excluding hydrogens is 202 g/mol. The molecule has 2 unspecified atom stereocenters. The van der Waals surface area contributed by atoms with Crippen molar-refractivity contribution >= 4 is 0 Å². The third kappa shape index (κ3) is 2.76. The summed E-state index contributed by atoms with van der Waals surface area (Å²) in [5.74, 6) is 1.01. The molecule has 2 heterocycles. The summed E-state index contributed by atoms with van der Waals surface area (Å²) in [6.07, 6.45) is 6.08. The first-order valence-electron chi connectivity index (χ1n) is 5.56. The summed E-state index contributed by atoms with van der Waals surface area (Å²) in [5.41, 5.74) is 1.17. The minimum Gasteiger partial charge on any atom is -0.472 e. The highest BCUT2D eigenvalue weighted by atomic mass is 16.3. The number of hydrogen-bond acceptors (Lipinski definition) is 3. The molecule has 0 aromatic carbocycles. The van der Waals surface area contributed by atoms with Crippen LogP contribution in [0.15, 0.2) is 45.8 Å². The van der Waals surface area contributed by atoms with Crippen molar-refractivity contribution in [2.75, 3.05) is 0 Å². The number of furan rings is 2. The predicted octanol–water partition coefficient (Wildman–Crippen LogP) is 3.15. The molecule has 0 aliphatic rings. The molecule has 0 aliphatic carbocycles.